The first-order chi connectivity index (χ1) is 23.9. The molecule has 5 atom stereocenters. The zero-order valence-corrected chi connectivity index (χ0v) is 29.3. The first kappa shape index (κ1) is 36.0. The van der Waals surface area contributed by atoms with Gasteiger partial charge in [-0.1, -0.05) is 49.2 Å². The molecule has 0 unspecified atom stereocenters. The molecule has 3 N–H and O–H groups in total. The second-order valence-corrected chi connectivity index (χ2v) is 16.1. The van der Waals surface area contributed by atoms with Crippen LogP contribution in [0.4, 0.5) is 14.0 Å². The Kier molecular flexibility index (Phi) is 10.6. The number of carbonyl (C=O) groups is 4. The molecule has 0 aromatic heterocycles. The van der Waals surface area contributed by atoms with Crippen molar-refractivity contribution in [3.05, 3.63) is 58.8 Å². The quantitative estimate of drug-likeness (QED) is 0.354. The van der Waals surface area contributed by atoms with E-state index in [0.717, 1.165) is 24.0 Å². The largest absolute Gasteiger partial charge is 0.447 e. The summed E-state index contributed by atoms with van der Waals surface area (Å²) in [6.45, 7) is 3.49. The van der Waals surface area contributed by atoms with Crippen LogP contribution in [-0.2, 0) is 42.2 Å². The Hall–Kier alpha value is -3.85. The number of carbonyl (C=O) groups excluding carboxylic acids is 4. The van der Waals surface area contributed by atoms with Gasteiger partial charge in [-0.25, -0.2) is 22.4 Å². The number of amides is 4. The first-order valence-corrected chi connectivity index (χ1v) is 19.0. The fourth-order valence-corrected chi connectivity index (χ4v) is 8.58. The zero-order valence-electron chi connectivity index (χ0n) is 27.7. The monoisotopic (exact) mass is 735 g/mol. The van der Waals surface area contributed by atoms with Crippen LogP contribution >= 0.6 is 11.6 Å². The lowest BCUT2D eigenvalue weighted by Crippen LogP contribution is -2.54. The molecule has 1 aromatic carbocycles. The van der Waals surface area contributed by atoms with Crippen molar-refractivity contribution in [2.75, 3.05) is 19.8 Å². The van der Waals surface area contributed by atoms with Gasteiger partial charge in [-0.2, -0.15) is 0 Å². The van der Waals surface area contributed by atoms with Crippen LogP contribution in [0.25, 0.3) is 0 Å². The molecule has 5 aliphatic rings. The van der Waals surface area contributed by atoms with E-state index in [1.54, 1.807) is 12.1 Å². The molecule has 0 radical (unpaired) electrons. The van der Waals surface area contributed by atoms with Crippen molar-refractivity contribution in [3.63, 3.8) is 0 Å². The number of allylic oxidation sites excluding steroid dienone is 1. The molecule has 2 aliphatic carbocycles. The number of alkyl halides is 1. The van der Waals surface area contributed by atoms with Crippen LogP contribution in [0, 0.1) is 5.92 Å². The van der Waals surface area contributed by atoms with Gasteiger partial charge >= 0.3 is 12.2 Å². The predicted molar refractivity (Wildman–Crippen MR) is 181 cm³/mol. The molecule has 3 aliphatic heterocycles. The van der Waals surface area contributed by atoms with Gasteiger partial charge in [-0.15, -0.1) is 0 Å². The van der Waals surface area contributed by atoms with Crippen molar-refractivity contribution in [2.45, 2.75) is 99.9 Å². The number of halogens is 2. The van der Waals surface area contributed by atoms with E-state index in [9.17, 15) is 32.0 Å². The van der Waals surface area contributed by atoms with Gasteiger partial charge in [0.2, 0.25) is 15.9 Å². The summed E-state index contributed by atoms with van der Waals surface area (Å²) in [5.74, 6) is -1.48. The van der Waals surface area contributed by atoms with Crippen molar-refractivity contribution in [2.24, 2.45) is 5.92 Å². The standard InChI is InChI=1S/C34H43ClFN5O8S/c1-21-29-16-26(49-33(45)40-18-22-9-10-25(35)15-23(22)19-40)20-41(29)30(42)28(37-32(44)48-14-13-36)8-6-4-2-3-5-7-24-17-34(24,38-21)31(43)39-50(46,47)27-11-12-27/h5,7,9-10,15,24,26-29,38H,1-4,6,8,11-14,16-20H2,(H,37,44)(H,39,43)/b7-5-/t24-,26-,28+,29+,34-/m1/s1. The van der Waals surface area contributed by atoms with Gasteiger partial charge in [0.05, 0.1) is 17.8 Å². The van der Waals surface area contributed by atoms with Crippen LogP contribution in [0.3, 0.4) is 0 Å². The maximum absolute atomic E-state index is 14.2. The molecule has 1 saturated heterocycles. The Morgan fingerprint density at radius 1 is 1.12 bits per heavy atom. The second-order valence-electron chi connectivity index (χ2n) is 13.7. The molecular weight excluding hydrogens is 693 g/mol. The number of nitrogens with zero attached hydrogens (tertiary/aromatic N) is 2. The molecule has 3 fully saturated rings. The lowest BCUT2D eigenvalue weighted by atomic mass is 10.0. The van der Waals surface area contributed by atoms with E-state index in [1.807, 2.05) is 18.2 Å². The molecule has 4 amide bonds. The Labute approximate surface area is 296 Å². The highest BCUT2D eigenvalue weighted by atomic mass is 35.5. The third-order valence-electron chi connectivity index (χ3n) is 10.00. The molecule has 6 rings (SSSR count). The van der Waals surface area contributed by atoms with E-state index in [-0.39, 0.29) is 31.0 Å². The number of benzene rings is 1. The van der Waals surface area contributed by atoms with Gasteiger partial charge in [0.25, 0.3) is 5.91 Å². The highest BCUT2D eigenvalue weighted by molar-refractivity contribution is 7.91. The summed E-state index contributed by atoms with van der Waals surface area (Å²) in [6, 6.07) is 3.60. The molecule has 1 aromatic rings. The zero-order chi connectivity index (χ0) is 35.6. The van der Waals surface area contributed by atoms with Gasteiger partial charge < -0.3 is 25.0 Å². The summed E-state index contributed by atoms with van der Waals surface area (Å²) in [5.41, 5.74) is 0.821. The van der Waals surface area contributed by atoms with Crippen LogP contribution in [0.5, 0.6) is 0 Å². The smallest absolute Gasteiger partial charge is 0.410 e. The van der Waals surface area contributed by atoms with E-state index in [0.29, 0.717) is 50.2 Å². The normalized spacial score (nSPS) is 28.9. The lowest BCUT2D eigenvalue weighted by molar-refractivity contribution is -0.134. The molecule has 0 bridgehead atoms. The summed E-state index contributed by atoms with van der Waals surface area (Å²) < 4.78 is 51.4. The van der Waals surface area contributed by atoms with Gasteiger partial charge in [0.15, 0.2) is 0 Å². The Bertz CT molecular complexity index is 1670. The van der Waals surface area contributed by atoms with Crippen LogP contribution in [0.2, 0.25) is 5.02 Å². The molecule has 2 saturated carbocycles. The minimum absolute atomic E-state index is 0.0289. The van der Waals surface area contributed by atoms with Gasteiger partial charge in [-0.3, -0.25) is 19.2 Å². The fourth-order valence-electron chi connectivity index (χ4n) is 7.02. The second kappa shape index (κ2) is 14.8. The predicted octanol–water partition coefficient (Wildman–Crippen LogP) is 3.82. The lowest BCUT2D eigenvalue weighted by Gasteiger charge is -2.32. The fraction of sp³-hybridized carbons (Fsp3) is 0.588. The topological polar surface area (TPSA) is 163 Å². The molecule has 50 heavy (non-hydrogen) atoms. The Morgan fingerprint density at radius 2 is 1.90 bits per heavy atom. The summed E-state index contributed by atoms with van der Waals surface area (Å²) in [4.78, 5) is 56.8. The first-order valence-electron chi connectivity index (χ1n) is 17.1. The van der Waals surface area contributed by atoms with Crippen molar-refractivity contribution >= 4 is 45.6 Å². The van der Waals surface area contributed by atoms with Crippen molar-refractivity contribution in [1.82, 2.24) is 25.2 Å². The number of fused-ring (bicyclic) bond motifs is 3. The molecular formula is C34H43ClFN5O8S. The summed E-state index contributed by atoms with van der Waals surface area (Å²) in [7, 11) is -3.84. The summed E-state index contributed by atoms with van der Waals surface area (Å²) in [6.07, 6.45) is 6.14. The average molecular weight is 736 g/mol. The van der Waals surface area contributed by atoms with Crippen LogP contribution in [0.15, 0.2) is 42.6 Å². The van der Waals surface area contributed by atoms with Gasteiger partial charge in [0, 0.05) is 36.1 Å². The van der Waals surface area contributed by atoms with Crippen LogP contribution in [0.1, 0.15) is 68.9 Å². The van der Waals surface area contributed by atoms with Crippen molar-refractivity contribution in [1.29, 1.82) is 0 Å². The van der Waals surface area contributed by atoms with Gasteiger partial charge in [0.1, 0.15) is 31.0 Å². The Morgan fingerprint density at radius 3 is 2.66 bits per heavy atom. The van der Waals surface area contributed by atoms with Crippen LogP contribution < -0.4 is 15.4 Å². The molecule has 3 heterocycles. The van der Waals surface area contributed by atoms with E-state index in [2.05, 4.69) is 21.9 Å². The Balaban J connectivity index is 1.24. The van der Waals surface area contributed by atoms with E-state index in [4.69, 9.17) is 21.1 Å². The van der Waals surface area contributed by atoms with E-state index < -0.39 is 76.3 Å². The minimum atomic E-state index is -3.84. The SMILES string of the molecule is C=C1N[C@]2(C(=O)NS(=O)(=O)C3CC3)C[C@H]2/C=C\CCCCC[C@H](NC(=O)OCCF)C(=O)N2C[C@H](OC(=O)N3Cc4ccc(Cl)cc4C3)C[C@@H]12. The summed E-state index contributed by atoms with van der Waals surface area (Å²) >= 11 is 6.15. The van der Waals surface area contributed by atoms with E-state index in [1.165, 1.54) is 9.80 Å². The number of sulfonamides is 1. The third kappa shape index (κ3) is 8.03. The number of nitrogens with one attached hydrogen (secondary N) is 3. The van der Waals surface area contributed by atoms with Crippen LogP contribution in [-0.4, -0.2) is 91.0 Å². The molecule has 0 spiro atoms. The average Bonchev–Trinajstić information content (AvgIpc) is 3.96. The maximum Gasteiger partial charge on any atom is 0.410 e. The number of alkyl carbamates (subject to hydrolysis) is 1. The summed E-state index contributed by atoms with van der Waals surface area (Å²) in [5, 5.41) is 5.75. The number of hydrogen-bond donors (Lipinski definition) is 3. The molecule has 272 valence electrons. The molecule has 16 heteroatoms. The van der Waals surface area contributed by atoms with E-state index >= 15 is 0 Å². The minimum Gasteiger partial charge on any atom is -0.447 e. The highest BCUT2D eigenvalue weighted by Crippen LogP contribution is 2.47. The maximum atomic E-state index is 14.2. The number of hydrogen-bond acceptors (Lipinski definition) is 9. The number of ether oxygens (including phenoxy) is 2. The van der Waals surface area contributed by atoms with Crippen molar-refractivity contribution < 1.29 is 41.5 Å². The van der Waals surface area contributed by atoms with Gasteiger partial charge in [-0.05, 0) is 61.8 Å². The molecule has 13 nitrogen and oxygen atoms in total. The van der Waals surface area contributed by atoms with Crippen molar-refractivity contribution in [3.8, 4) is 0 Å². The number of rotatable bonds is 7. The third-order valence-corrected chi connectivity index (χ3v) is 12.1. The highest BCUT2D eigenvalue weighted by Gasteiger charge is 2.61.